The summed E-state index contributed by atoms with van der Waals surface area (Å²) in [6.07, 6.45) is 5.65. The molecule has 0 bridgehead atoms. The molecule has 0 aromatic rings. The summed E-state index contributed by atoms with van der Waals surface area (Å²) in [7, 11) is -1.46. The molecule has 0 spiro atoms. The highest BCUT2D eigenvalue weighted by atomic mass is 31.2. The number of nitrogens with one attached hydrogen (secondary N) is 2. The van der Waals surface area contributed by atoms with Crippen molar-refractivity contribution in [2.75, 3.05) is 19.6 Å². The van der Waals surface area contributed by atoms with E-state index in [9.17, 15) is 9.59 Å². The first-order valence-electron chi connectivity index (χ1n) is 11.7. The third-order valence-electron chi connectivity index (χ3n) is 4.45. The summed E-state index contributed by atoms with van der Waals surface area (Å²) < 4.78 is 14.4. The Labute approximate surface area is 190 Å². The first-order chi connectivity index (χ1) is 14.8. The second-order valence-electron chi connectivity index (χ2n) is 8.06. The van der Waals surface area contributed by atoms with Gasteiger partial charge < -0.3 is 19.7 Å². The lowest BCUT2D eigenvalue weighted by molar-refractivity contribution is -0.121. The second kappa shape index (κ2) is 18.3. The monoisotopic (exact) mass is 460 g/mol. The van der Waals surface area contributed by atoms with Gasteiger partial charge in [0.1, 0.15) is 6.10 Å². The van der Waals surface area contributed by atoms with Crippen LogP contribution in [0.25, 0.3) is 0 Å². The zero-order chi connectivity index (χ0) is 23.6. The van der Waals surface area contributed by atoms with Crippen molar-refractivity contribution in [1.29, 1.82) is 0 Å². The maximum atomic E-state index is 12.1. The van der Waals surface area contributed by atoms with Gasteiger partial charge in [0.05, 0.1) is 0 Å². The summed E-state index contributed by atoms with van der Waals surface area (Å²) in [5.74, 6) is -0.00903. The topological polar surface area (TPSA) is 92.3 Å². The molecule has 9 heteroatoms. The molecule has 0 aliphatic carbocycles. The SMILES string of the molecule is CCCCC(=O)NCC(CNC(=O)CCCC)OP(O/C=N/CC)N(C(C)C)C(C)C. The number of nitrogens with zero attached hydrogens (tertiary/aromatic N) is 2. The van der Waals surface area contributed by atoms with E-state index in [4.69, 9.17) is 9.05 Å². The molecule has 0 rings (SSSR count). The predicted octanol–water partition coefficient (Wildman–Crippen LogP) is 4.39. The Hall–Kier alpha value is -1.24. The van der Waals surface area contributed by atoms with Crippen LogP contribution in [0.1, 0.15) is 87.0 Å². The Kier molecular flexibility index (Phi) is 17.6. The van der Waals surface area contributed by atoms with Gasteiger partial charge in [-0.05, 0) is 47.5 Å². The Bertz CT molecular complexity index is 486. The number of hydrogen-bond acceptors (Lipinski definition) is 6. The maximum absolute atomic E-state index is 12.1. The molecular formula is C22H45N4O4P. The van der Waals surface area contributed by atoms with Crippen molar-refractivity contribution < 1.29 is 18.6 Å². The number of carbonyl (C=O) groups is 2. The highest BCUT2D eigenvalue weighted by Crippen LogP contribution is 2.46. The number of hydrogen-bond donors (Lipinski definition) is 2. The summed E-state index contributed by atoms with van der Waals surface area (Å²) in [4.78, 5) is 28.4. The standard InChI is InChI=1S/C22H45N4O4P/c1-8-11-13-21(27)24-15-20(16-25-22(28)14-12-9-2)30-31(29-17-23-10-3)26(18(4)5)19(6)7/h17-20H,8-16H2,1-7H3,(H,24,27)(H,25,28)/b23-17+. The van der Waals surface area contributed by atoms with E-state index in [1.54, 1.807) is 0 Å². The summed E-state index contributed by atoms with van der Waals surface area (Å²) in [6.45, 7) is 15.7. The van der Waals surface area contributed by atoms with E-state index < -0.39 is 14.6 Å². The summed E-state index contributed by atoms with van der Waals surface area (Å²) in [5, 5.41) is 5.88. The van der Waals surface area contributed by atoms with Crippen LogP contribution in [0.4, 0.5) is 0 Å². The van der Waals surface area contributed by atoms with Crippen molar-refractivity contribution in [3.05, 3.63) is 0 Å². The lowest BCUT2D eigenvalue weighted by Crippen LogP contribution is -2.42. The molecule has 0 aromatic heterocycles. The third-order valence-corrected chi connectivity index (χ3v) is 6.50. The van der Waals surface area contributed by atoms with Gasteiger partial charge in [-0.1, -0.05) is 26.7 Å². The van der Waals surface area contributed by atoms with Crippen LogP contribution in [0.15, 0.2) is 4.99 Å². The van der Waals surface area contributed by atoms with E-state index in [0.29, 0.717) is 32.5 Å². The summed E-state index contributed by atoms with van der Waals surface area (Å²) >= 11 is 0. The lowest BCUT2D eigenvalue weighted by atomic mass is 10.2. The molecule has 2 amide bonds. The normalized spacial score (nSPS) is 12.9. The Morgan fingerprint density at radius 3 is 1.81 bits per heavy atom. The van der Waals surface area contributed by atoms with Gasteiger partial charge >= 0.3 is 8.53 Å². The van der Waals surface area contributed by atoms with E-state index in [1.165, 1.54) is 6.40 Å². The van der Waals surface area contributed by atoms with Crippen LogP contribution >= 0.6 is 8.53 Å². The van der Waals surface area contributed by atoms with E-state index in [0.717, 1.165) is 25.7 Å². The first kappa shape index (κ1) is 29.8. The molecule has 182 valence electrons. The zero-order valence-corrected chi connectivity index (χ0v) is 21.5. The number of unbranched alkanes of at least 4 members (excludes halogenated alkanes) is 2. The average Bonchev–Trinajstić information content (AvgIpc) is 2.71. The van der Waals surface area contributed by atoms with Crippen molar-refractivity contribution >= 4 is 26.7 Å². The number of amides is 2. The fourth-order valence-electron chi connectivity index (χ4n) is 2.84. The molecule has 8 nitrogen and oxygen atoms in total. The van der Waals surface area contributed by atoms with Gasteiger partial charge in [0.25, 0.3) is 0 Å². The smallest absolute Gasteiger partial charge is 0.322 e. The van der Waals surface area contributed by atoms with Crippen LogP contribution in [0.5, 0.6) is 0 Å². The molecule has 31 heavy (non-hydrogen) atoms. The fraction of sp³-hybridized carbons (Fsp3) is 0.864. The molecule has 0 aromatic carbocycles. The van der Waals surface area contributed by atoms with E-state index in [-0.39, 0.29) is 23.9 Å². The van der Waals surface area contributed by atoms with Crippen LogP contribution in [0.3, 0.4) is 0 Å². The molecule has 0 saturated heterocycles. The molecule has 0 saturated carbocycles. The number of carbonyl (C=O) groups excluding carboxylic acids is 2. The minimum Gasteiger partial charge on any atom is -0.425 e. The Morgan fingerprint density at radius 1 is 0.935 bits per heavy atom. The van der Waals surface area contributed by atoms with E-state index >= 15 is 0 Å². The van der Waals surface area contributed by atoms with Crippen molar-refractivity contribution in [3.63, 3.8) is 0 Å². The highest BCUT2D eigenvalue weighted by Gasteiger charge is 2.31. The van der Waals surface area contributed by atoms with E-state index in [1.807, 2.05) is 6.92 Å². The van der Waals surface area contributed by atoms with Gasteiger partial charge in [0.2, 0.25) is 11.8 Å². The van der Waals surface area contributed by atoms with E-state index in [2.05, 4.69) is 61.8 Å². The van der Waals surface area contributed by atoms with Crippen molar-refractivity contribution in [3.8, 4) is 0 Å². The zero-order valence-electron chi connectivity index (χ0n) is 20.6. The van der Waals surface area contributed by atoms with Crippen LogP contribution in [-0.4, -0.2) is 60.7 Å². The minimum atomic E-state index is -1.46. The van der Waals surface area contributed by atoms with Gasteiger partial charge in [0.15, 0.2) is 6.40 Å². The second-order valence-corrected chi connectivity index (χ2v) is 9.42. The maximum Gasteiger partial charge on any atom is 0.322 e. The Balaban J connectivity index is 5.29. The van der Waals surface area contributed by atoms with Crippen molar-refractivity contribution in [1.82, 2.24) is 15.3 Å². The molecule has 0 heterocycles. The molecule has 1 unspecified atom stereocenters. The third kappa shape index (κ3) is 14.4. The van der Waals surface area contributed by atoms with Gasteiger partial charge in [0, 0.05) is 44.6 Å². The first-order valence-corrected chi connectivity index (χ1v) is 12.8. The van der Waals surface area contributed by atoms with Crippen LogP contribution < -0.4 is 10.6 Å². The van der Waals surface area contributed by atoms with Crippen LogP contribution in [-0.2, 0) is 18.6 Å². The minimum absolute atomic E-state index is 0.00451. The molecule has 0 fully saturated rings. The van der Waals surface area contributed by atoms with Crippen molar-refractivity contribution in [2.45, 2.75) is 105 Å². The Morgan fingerprint density at radius 2 is 1.42 bits per heavy atom. The number of rotatable bonds is 18. The molecule has 0 aliphatic heterocycles. The molecular weight excluding hydrogens is 415 g/mol. The van der Waals surface area contributed by atoms with Gasteiger partial charge in [-0.15, -0.1) is 0 Å². The van der Waals surface area contributed by atoms with Gasteiger partial charge in [-0.25, -0.2) is 4.67 Å². The number of aliphatic imine (C=N–C) groups is 1. The predicted molar refractivity (Wildman–Crippen MR) is 129 cm³/mol. The van der Waals surface area contributed by atoms with Gasteiger partial charge in [-0.2, -0.15) is 0 Å². The quantitative estimate of drug-likeness (QED) is 0.180. The van der Waals surface area contributed by atoms with Gasteiger partial charge in [-0.3, -0.25) is 14.6 Å². The largest absolute Gasteiger partial charge is 0.425 e. The fourth-order valence-corrected chi connectivity index (χ4v) is 4.41. The summed E-state index contributed by atoms with van der Waals surface area (Å²) in [5.41, 5.74) is 0. The molecule has 2 N–H and O–H groups in total. The highest BCUT2D eigenvalue weighted by molar-refractivity contribution is 7.45. The van der Waals surface area contributed by atoms with Crippen molar-refractivity contribution in [2.24, 2.45) is 4.99 Å². The average molecular weight is 461 g/mol. The molecule has 1 atom stereocenters. The summed E-state index contributed by atoms with van der Waals surface area (Å²) in [6, 6.07) is 0.389. The molecule has 0 aliphatic rings. The molecule has 0 radical (unpaired) electrons. The lowest BCUT2D eigenvalue weighted by Gasteiger charge is -2.36. The van der Waals surface area contributed by atoms with Crippen LogP contribution in [0, 0.1) is 0 Å². The van der Waals surface area contributed by atoms with Crippen LogP contribution in [0.2, 0.25) is 0 Å².